The molecule has 1 aromatic rings. The average Bonchev–Trinajstić information content (AvgIpc) is 2.57. The van der Waals surface area contributed by atoms with Crippen LogP contribution in [0.5, 0.6) is 0 Å². The van der Waals surface area contributed by atoms with E-state index in [0.717, 1.165) is 12.5 Å². The fraction of sp³-hybridized carbons (Fsp3) is 0.692. The van der Waals surface area contributed by atoms with Gasteiger partial charge < -0.3 is 10.2 Å². The van der Waals surface area contributed by atoms with E-state index in [2.05, 4.69) is 53.1 Å². The van der Waals surface area contributed by atoms with E-state index in [1.165, 1.54) is 33.7 Å². The highest BCUT2D eigenvalue weighted by Crippen LogP contribution is 2.26. The summed E-state index contributed by atoms with van der Waals surface area (Å²) in [6, 6.07) is 2.92. The van der Waals surface area contributed by atoms with E-state index in [1.807, 2.05) is 11.3 Å². The summed E-state index contributed by atoms with van der Waals surface area (Å²) in [6.07, 6.45) is 1.27. The number of halogens is 1. The van der Waals surface area contributed by atoms with Crippen LogP contribution < -0.4 is 5.32 Å². The lowest BCUT2D eigenvalue weighted by Crippen LogP contribution is -2.46. The molecule has 0 saturated carbocycles. The van der Waals surface area contributed by atoms with Crippen LogP contribution in [0.4, 0.5) is 0 Å². The molecule has 1 fully saturated rings. The standard InChI is InChI=1S/C13H21BrN2S/c1-9-8-16(3)5-4-13(9)15-7-11-6-12(14)10(2)17-11/h6,9,13,15H,4-5,7-8H2,1-3H3. The molecule has 1 aliphatic heterocycles. The normalized spacial score (nSPS) is 26.4. The van der Waals surface area contributed by atoms with Gasteiger partial charge in [0.15, 0.2) is 0 Å². The number of piperidine rings is 1. The van der Waals surface area contributed by atoms with Crippen molar-refractivity contribution in [2.24, 2.45) is 5.92 Å². The molecule has 0 spiro atoms. The minimum atomic E-state index is 0.674. The van der Waals surface area contributed by atoms with Gasteiger partial charge in [0.1, 0.15) is 0 Å². The largest absolute Gasteiger partial charge is 0.309 e. The highest BCUT2D eigenvalue weighted by Gasteiger charge is 2.23. The molecular formula is C13H21BrN2S. The van der Waals surface area contributed by atoms with Gasteiger partial charge in [0.05, 0.1) is 0 Å². The van der Waals surface area contributed by atoms with Crippen LogP contribution in [0.2, 0.25) is 0 Å². The molecule has 17 heavy (non-hydrogen) atoms. The van der Waals surface area contributed by atoms with Gasteiger partial charge in [0.25, 0.3) is 0 Å². The molecule has 2 atom stereocenters. The van der Waals surface area contributed by atoms with Gasteiger partial charge >= 0.3 is 0 Å². The van der Waals surface area contributed by atoms with Crippen molar-refractivity contribution >= 4 is 27.3 Å². The summed E-state index contributed by atoms with van der Waals surface area (Å²) in [7, 11) is 2.21. The van der Waals surface area contributed by atoms with Crippen molar-refractivity contribution in [3.63, 3.8) is 0 Å². The molecule has 2 rings (SSSR count). The Kier molecular flexibility index (Phi) is 4.64. The first kappa shape index (κ1) is 13.5. The molecule has 1 aromatic heterocycles. The second-order valence-electron chi connectivity index (χ2n) is 5.13. The number of rotatable bonds is 3. The fourth-order valence-electron chi connectivity index (χ4n) is 2.49. The SMILES string of the molecule is Cc1sc(CNC2CCN(C)CC2C)cc1Br. The Morgan fingerprint density at radius 1 is 1.59 bits per heavy atom. The molecule has 2 nitrogen and oxygen atoms in total. The third-order valence-electron chi connectivity index (χ3n) is 3.56. The Morgan fingerprint density at radius 3 is 2.94 bits per heavy atom. The van der Waals surface area contributed by atoms with Crippen LogP contribution >= 0.6 is 27.3 Å². The molecular weight excluding hydrogens is 296 g/mol. The minimum Gasteiger partial charge on any atom is -0.309 e. The second-order valence-corrected chi connectivity index (χ2v) is 7.33. The Morgan fingerprint density at radius 2 is 2.35 bits per heavy atom. The number of aryl methyl sites for hydroxylation is 1. The molecule has 0 amide bonds. The summed E-state index contributed by atoms with van der Waals surface area (Å²) in [5.74, 6) is 0.748. The molecule has 2 heterocycles. The summed E-state index contributed by atoms with van der Waals surface area (Å²) < 4.78 is 1.25. The van der Waals surface area contributed by atoms with Crippen molar-refractivity contribution in [3.8, 4) is 0 Å². The predicted octanol–water partition coefficient (Wildman–Crippen LogP) is 3.25. The minimum absolute atomic E-state index is 0.674. The van der Waals surface area contributed by atoms with E-state index >= 15 is 0 Å². The zero-order chi connectivity index (χ0) is 12.4. The fourth-order valence-corrected chi connectivity index (χ4v) is 4.05. The number of hydrogen-bond acceptors (Lipinski definition) is 3. The van der Waals surface area contributed by atoms with Gasteiger partial charge in [-0.1, -0.05) is 6.92 Å². The summed E-state index contributed by atoms with van der Waals surface area (Å²) in [6.45, 7) is 7.95. The summed E-state index contributed by atoms with van der Waals surface area (Å²) in [5.41, 5.74) is 0. The van der Waals surface area contributed by atoms with Crippen LogP contribution in [0.1, 0.15) is 23.1 Å². The molecule has 1 aliphatic rings. The number of likely N-dealkylation sites (tertiary alicyclic amines) is 1. The maximum absolute atomic E-state index is 3.71. The van der Waals surface area contributed by atoms with Crippen LogP contribution in [-0.4, -0.2) is 31.1 Å². The number of hydrogen-bond donors (Lipinski definition) is 1. The molecule has 0 bridgehead atoms. The Bertz CT molecular complexity index is 358. The van der Waals surface area contributed by atoms with Crippen molar-refractivity contribution in [1.29, 1.82) is 0 Å². The Hall–Kier alpha value is 0.100. The number of nitrogens with zero attached hydrogens (tertiary/aromatic N) is 1. The van der Waals surface area contributed by atoms with Crippen LogP contribution in [0.15, 0.2) is 10.5 Å². The molecule has 0 aliphatic carbocycles. The molecule has 0 radical (unpaired) electrons. The van der Waals surface area contributed by atoms with E-state index in [1.54, 1.807) is 0 Å². The molecule has 1 saturated heterocycles. The quantitative estimate of drug-likeness (QED) is 0.921. The maximum atomic E-state index is 3.71. The molecule has 1 N–H and O–H groups in total. The molecule has 96 valence electrons. The highest BCUT2D eigenvalue weighted by molar-refractivity contribution is 9.10. The first-order valence-electron chi connectivity index (χ1n) is 6.23. The smallest absolute Gasteiger partial charge is 0.0314 e. The number of nitrogens with one attached hydrogen (secondary N) is 1. The van der Waals surface area contributed by atoms with Crippen molar-refractivity contribution in [3.05, 3.63) is 20.3 Å². The monoisotopic (exact) mass is 316 g/mol. The van der Waals surface area contributed by atoms with Crippen molar-refractivity contribution < 1.29 is 0 Å². The third kappa shape index (κ3) is 3.53. The zero-order valence-corrected chi connectivity index (χ0v) is 13.2. The summed E-state index contributed by atoms with van der Waals surface area (Å²) >= 11 is 5.46. The van der Waals surface area contributed by atoms with E-state index in [4.69, 9.17) is 0 Å². The van der Waals surface area contributed by atoms with Gasteiger partial charge in [0, 0.05) is 33.4 Å². The zero-order valence-electron chi connectivity index (χ0n) is 10.8. The Labute approximate surface area is 117 Å². The average molecular weight is 317 g/mol. The van der Waals surface area contributed by atoms with E-state index < -0.39 is 0 Å². The summed E-state index contributed by atoms with van der Waals surface area (Å²) in [5, 5.41) is 3.71. The predicted molar refractivity (Wildman–Crippen MR) is 78.7 cm³/mol. The van der Waals surface area contributed by atoms with Crippen LogP contribution in [0, 0.1) is 12.8 Å². The van der Waals surface area contributed by atoms with Crippen molar-refractivity contribution in [1.82, 2.24) is 10.2 Å². The Balaban J connectivity index is 1.85. The van der Waals surface area contributed by atoms with Gasteiger partial charge in [-0.25, -0.2) is 0 Å². The van der Waals surface area contributed by atoms with E-state index in [0.29, 0.717) is 6.04 Å². The van der Waals surface area contributed by atoms with Crippen molar-refractivity contribution in [2.75, 3.05) is 20.1 Å². The lowest BCUT2D eigenvalue weighted by Gasteiger charge is -2.35. The summed E-state index contributed by atoms with van der Waals surface area (Å²) in [4.78, 5) is 5.23. The van der Waals surface area contributed by atoms with Crippen LogP contribution in [0.25, 0.3) is 0 Å². The van der Waals surface area contributed by atoms with Crippen LogP contribution in [0.3, 0.4) is 0 Å². The van der Waals surface area contributed by atoms with Crippen LogP contribution in [-0.2, 0) is 6.54 Å². The first-order valence-corrected chi connectivity index (χ1v) is 7.84. The van der Waals surface area contributed by atoms with E-state index in [-0.39, 0.29) is 0 Å². The van der Waals surface area contributed by atoms with Gasteiger partial charge in [-0.3, -0.25) is 0 Å². The second kappa shape index (κ2) is 5.83. The number of thiophene rings is 1. The van der Waals surface area contributed by atoms with Crippen molar-refractivity contribution in [2.45, 2.75) is 32.9 Å². The van der Waals surface area contributed by atoms with Gasteiger partial charge in [-0.15, -0.1) is 11.3 Å². The van der Waals surface area contributed by atoms with Gasteiger partial charge in [-0.2, -0.15) is 0 Å². The molecule has 0 aromatic carbocycles. The first-order chi connectivity index (χ1) is 8.06. The molecule has 4 heteroatoms. The highest BCUT2D eigenvalue weighted by atomic mass is 79.9. The van der Waals surface area contributed by atoms with E-state index in [9.17, 15) is 0 Å². The third-order valence-corrected chi connectivity index (χ3v) is 5.69. The maximum Gasteiger partial charge on any atom is 0.0314 e. The van der Waals surface area contributed by atoms with Gasteiger partial charge in [0.2, 0.25) is 0 Å². The molecule has 2 unspecified atom stereocenters. The topological polar surface area (TPSA) is 15.3 Å². The lowest BCUT2D eigenvalue weighted by atomic mass is 9.94. The lowest BCUT2D eigenvalue weighted by molar-refractivity contribution is 0.174. The van der Waals surface area contributed by atoms with Gasteiger partial charge in [-0.05, 0) is 54.9 Å².